The summed E-state index contributed by atoms with van der Waals surface area (Å²) in [5.74, 6) is -0.195. The summed E-state index contributed by atoms with van der Waals surface area (Å²) < 4.78 is 0. The van der Waals surface area contributed by atoms with Gasteiger partial charge in [-0.1, -0.05) is 30.0 Å². The summed E-state index contributed by atoms with van der Waals surface area (Å²) in [5, 5.41) is 12.2. The number of aromatic amines is 1. The lowest BCUT2D eigenvalue weighted by Crippen LogP contribution is -2.22. The van der Waals surface area contributed by atoms with E-state index < -0.39 is 5.25 Å². The van der Waals surface area contributed by atoms with Crippen LogP contribution in [0.3, 0.4) is 0 Å². The summed E-state index contributed by atoms with van der Waals surface area (Å²) in [6, 6.07) is 14.6. The molecule has 0 saturated heterocycles. The van der Waals surface area contributed by atoms with Crippen LogP contribution in [0.2, 0.25) is 0 Å². The van der Waals surface area contributed by atoms with Crippen LogP contribution < -0.4 is 5.32 Å². The molecular formula is C20H17N5O2S. The monoisotopic (exact) mass is 391 g/mol. The van der Waals surface area contributed by atoms with E-state index >= 15 is 0 Å². The van der Waals surface area contributed by atoms with E-state index in [0.29, 0.717) is 27.6 Å². The standard InChI is InChI=1S/C20H17N5O2S/c1-11(26)13-7-9-14(10-8-13)21-19(27)12(2)28-20-23-18-17(24-25-20)15-5-3-4-6-16(15)22-18/h3-10,12H,1-2H3,(H,21,27)(H,22,23,25)/t12-/m1/s1. The fourth-order valence-corrected chi connectivity index (χ4v) is 3.51. The number of anilines is 1. The summed E-state index contributed by atoms with van der Waals surface area (Å²) in [4.78, 5) is 31.5. The Bertz CT molecular complexity index is 1190. The van der Waals surface area contributed by atoms with Crippen molar-refractivity contribution >= 4 is 51.2 Å². The lowest BCUT2D eigenvalue weighted by Gasteiger charge is -2.11. The highest BCUT2D eigenvalue weighted by Crippen LogP contribution is 2.25. The Kier molecular flexibility index (Phi) is 4.79. The van der Waals surface area contributed by atoms with Gasteiger partial charge in [0.15, 0.2) is 11.4 Å². The molecule has 0 fully saturated rings. The van der Waals surface area contributed by atoms with Crippen molar-refractivity contribution < 1.29 is 9.59 Å². The Morgan fingerprint density at radius 1 is 1.07 bits per heavy atom. The number of Topliss-reactive ketones (excluding diaryl/α,β-unsaturated/α-hetero) is 1. The summed E-state index contributed by atoms with van der Waals surface area (Å²) in [7, 11) is 0. The molecule has 0 bridgehead atoms. The molecule has 2 N–H and O–H groups in total. The molecule has 1 amide bonds. The summed E-state index contributed by atoms with van der Waals surface area (Å²) in [6.07, 6.45) is 0. The first-order chi connectivity index (χ1) is 13.5. The molecule has 8 heteroatoms. The normalized spacial score (nSPS) is 12.2. The van der Waals surface area contributed by atoms with E-state index in [1.807, 2.05) is 24.3 Å². The van der Waals surface area contributed by atoms with Crippen molar-refractivity contribution in [2.24, 2.45) is 0 Å². The van der Waals surface area contributed by atoms with Gasteiger partial charge in [0.25, 0.3) is 0 Å². The molecule has 2 aromatic heterocycles. The maximum absolute atomic E-state index is 12.5. The number of fused-ring (bicyclic) bond motifs is 3. The third-order valence-electron chi connectivity index (χ3n) is 4.31. The number of nitrogens with zero attached hydrogens (tertiary/aromatic N) is 3. The van der Waals surface area contributed by atoms with Gasteiger partial charge in [0.2, 0.25) is 11.1 Å². The number of hydrogen-bond acceptors (Lipinski definition) is 6. The molecule has 4 aromatic rings. The Hall–Kier alpha value is -3.26. The number of carbonyl (C=O) groups excluding carboxylic acids is 2. The van der Waals surface area contributed by atoms with E-state index in [0.717, 1.165) is 10.9 Å². The number of nitrogens with one attached hydrogen (secondary N) is 2. The maximum atomic E-state index is 12.5. The highest BCUT2D eigenvalue weighted by molar-refractivity contribution is 8.00. The van der Waals surface area contributed by atoms with Crippen molar-refractivity contribution in [2.45, 2.75) is 24.3 Å². The minimum absolute atomic E-state index is 0.0150. The summed E-state index contributed by atoms with van der Waals surface area (Å²) >= 11 is 1.23. The Morgan fingerprint density at radius 2 is 1.82 bits per heavy atom. The molecule has 0 spiro atoms. The predicted octanol–water partition coefficient (Wildman–Crippen LogP) is 3.83. The zero-order valence-electron chi connectivity index (χ0n) is 15.3. The first-order valence-corrected chi connectivity index (χ1v) is 9.59. The second-order valence-corrected chi connectivity index (χ2v) is 7.65. The van der Waals surface area contributed by atoms with E-state index in [1.165, 1.54) is 18.7 Å². The molecule has 0 radical (unpaired) electrons. The number of benzene rings is 2. The molecule has 0 aliphatic carbocycles. The van der Waals surface area contributed by atoms with Crippen LogP contribution in [0, 0.1) is 0 Å². The smallest absolute Gasteiger partial charge is 0.237 e. The van der Waals surface area contributed by atoms with Crippen LogP contribution in [0.15, 0.2) is 53.7 Å². The molecule has 28 heavy (non-hydrogen) atoms. The molecule has 140 valence electrons. The van der Waals surface area contributed by atoms with E-state index in [1.54, 1.807) is 31.2 Å². The van der Waals surface area contributed by atoms with Crippen LogP contribution in [0.4, 0.5) is 5.69 Å². The fourth-order valence-electron chi connectivity index (χ4n) is 2.80. The zero-order valence-corrected chi connectivity index (χ0v) is 16.1. The second kappa shape index (κ2) is 7.40. The van der Waals surface area contributed by atoms with Crippen molar-refractivity contribution in [1.82, 2.24) is 20.2 Å². The molecule has 0 aliphatic rings. The van der Waals surface area contributed by atoms with Gasteiger partial charge in [0, 0.05) is 22.2 Å². The minimum Gasteiger partial charge on any atom is -0.338 e. The highest BCUT2D eigenvalue weighted by Gasteiger charge is 2.18. The molecule has 2 heterocycles. The van der Waals surface area contributed by atoms with Crippen molar-refractivity contribution in [1.29, 1.82) is 0 Å². The van der Waals surface area contributed by atoms with Crippen LogP contribution in [0.1, 0.15) is 24.2 Å². The Labute approximate surface area is 165 Å². The molecule has 4 rings (SSSR count). The fraction of sp³-hybridized carbons (Fsp3) is 0.150. The summed E-state index contributed by atoms with van der Waals surface area (Å²) in [5.41, 5.74) is 3.54. The van der Waals surface area contributed by atoms with Gasteiger partial charge >= 0.3 is 0 Å². The van der Waals surface area contributed by atoms with Crippen LogP contribution in [-0.2, 0) is 4.79 Å². The average Bonchev–Trinajstić information content (AvgIpc) is 3.06. The number of amides is 1. The number of H-pyrrole nitrogens is 1. The molecule has 0 unspecified atom stereocenters. The molecule has 1 atom stereocenters. The largest absolute Gasteiger partial charge is 0.338 e. The van der Waals surface area contributed by atoms with E-state index in [9.17, 15) is 9.59 Å². The first kappa shape index (κ1) is 18.1. The molecule has 7 nitrogen and oxygen atoms in total. The van der Waals surface area contributed by atoms with Gasteiger partial charge in [-0.2, -0.15) is 0 Å². The molecular weight excluding hydrogens is 374 g/mol. The third kappa shape index (κ3) is 3.59. The number of rotatable bonds is 5. The van der Waals surface area contributed by atoms with Crippen molar-refractivity contribution in [3.05, 3.63) is 54.1 Å². The third-order valence-corrected chi connectivity index (χ3v) is 5.26. The van der Waals surface area contributed by atoms with Gasteiger partial charge in [0.05, 0.1) is 5.25 Å². The van der Waals surface area contributed by atoms with Gasteiger partial charge in [-0.25, -0.2) is 4.98 Å². The number of hydrogen-bond donors (Lipinski definition) is 2. The Balaban J connectivity index is 1.47. The number of carbonyl (C=O) groups is 2. The van der Waals surface area contributed by atoms with Crippen LogP contribution in [0.5, 0.6) is 0 Å². The number of thioether (sulfide) groups is 1. The average molecular weight is 391 g/mol. The van der Waals surface area contributed by atoms with Gasteiger partial charge in [-0.3, -0.25) is 9.59 Å². The van der Waals surface area contributed by atoms with E-state index in [-0.39, 0.29) is 11.7 Å². The van der Waals surface area contributed by atoms with Gasteiger partial charge < -0.3 is 10.3 Å². The Morgan fingerprint density at radius 3 is 2.57 bits per heavy atom. The van der Waals surface area contributed by atoms with Crippen LogP contribution in [0.25, 0.3) is 22.1 Å². The SMILES string of the molecule is CC(=O)c1ccc(NC(=O)[C@@H](C)Sc2nnc3c(n2)[nH]c2ccccc23)cc1. The van der Waals surface area contributed by atoms with Gasteiger partial charge in [0.1, 0.15) is 5.52 Å². The number of ketones is 1. The lowest BCUT2D eigenvalue weighted by molar-refractivity contribution is -0.115. The van der Waals surface area contributed by atoms with E-state index in [4.69, 9.17) is 0 Å². The maximum Gasteiger partial charge on any atom is 0.237 e. The highest BCUT2D eigenvalue weighted by atomic mass is 32.2. The molecule has 0 saturated carbocycles. The number of para-hydroxylation sites is 1. The van der Waals surface area contributed by atoms with Crippen molar-refractivity contribution in [3.63, 3.8) is 0 Å². The minimum atomic E-state index is -0.420. The van der Waals surface area contributed by atoms with Crippen molar-refractivity contribution in [3.8, 4) is 0 Å². The zero-order chi connectivity index (χ0) is 19.7. The van der Waals surface area contributed by atoms with Gasteiger partial charge in [-0.15, -0.1) is 10.2 Å². The van der Waals surface area contributed by atoms with E-state index in [2.05, 4.69) is 25.5 Å². The predicted molar refractivity (Wildman–Crippen MR) is 110 cm³/mol. The summed E-state index contributed by atoms with van der Waals surface area (Å²) in [6.45, 7) is 3.28. The quantitative estimate of drug-likeness (QED) is 0.396. The first-order valence-electron chi connectivity index (χ1n) is 8.71. The van der Waals surface area contributed by atoms with Crippen LogP contribution in [-0.4, -0.2) is 37.1 Å². The second-order valence-electron chi connectivity index (χ2n) is 6.35. The van der Waals surface area contributed by atoms with Crippen LogP contribution >= 0.6 is 11.8 Å². The van der Waals surface area contributed by atoms with Crippen molar-refractivity contribution in [2.75, 3.05) is 5.32 Å². The lowest BCUT2D eigenvalue weighted by atomic mass is 10.1. The molecule has 0 aliphatic heterocycles. The van der Waals surface area contributed by atoms with Gasteiger partial charge in [-0.05, 0) is 44.2 Å². The topological polar surface area (TPSA) is 101 Å². The number of aromatic nitrogens is 4. The molecule has 2 aromatic carbocycles.